The van der Waals surface area contributed by atoms with E-state index in [1.807, 2.05) is 24.0 Å². The molecule has 2 aromatic rings. The molecule has 0 bridgehead atoms. The smallest absolute Gasteiger partial charge is 0.276 e. The maximum absolute atomic E-state index is 13.6. The van der Waals surface area contributed by atoms with Gasteiger partial charge in [-0.15, -0.1) is 0 Å². The van der Waals surface area contributed by atoms with Gasteiger partial charge in [0.05, 0.1) is 19.0 Å². The van der Waals surface area contributed by atoms with E-state index in [-0.39, 0.29) is 11.9 Å². The number of carbonyl (C=O) groups is 1. The molecule has 1 amide bonds. The second-order valence-corrected chi connectivity index (χ2v) is 9.59. The number of nitrogens with zero attached hydrogens (tertiary/aromatic N) is 5. The van der Waals surface area contributed by atoms with Gasteiger partial charge < -0.3 is 19.1 Å². The summed E-state index contributed by atoms with van der Waals surface area (Å²) in [6.07, 6.45) is 8.16. The number of ether oxygens (including phenoxy) is 1. The van der Waals surface area contributed by atoms with Crippen molar-refractivity contribution in [2.45, 2.75) is 66.1 Å². The predicted molar refractivity (Wildman–Crippen MR) is 125 cm³/mol. The van der Waals surface area contributed by atoms with Crippen molar-refractivity contribution in [3.05, 3.63) is 47.4 Å². The van der Waals surface area contributed by atoms with E-state index in [0.29, 0.717) is 24.0 Å². The summed E-state index contributed by atoms with van der Waals surface area (Å²) in [7, 11) is 2.07. The average Bonchev–Trinajstić information content (AvgIpc) is 3.15. The number of likely N-dealkylation sites (tertiary alicyclic amines) is 1. The third kappa shape index (κ3) is 4.81. The fourth-order valence-corrected chi connectivity index (χ4v) is 4.59. The van der Waals surface area contributed by atoms with Crippen molar-refractivity contribution in [3.8, 4) is 5.75 Å². The van der Waals surface area contributed by atoms with Crippen molar-refractivity contribution in [2.24, 2.45) is 5.92 Å². The van der Waals surface area contributed by atoms with Crippen molar-refractivity contribution < 1.29 is 9.53 Å². The highest BCUT2D eigenvalue weighted by atomic mass is 16.5. The Labute approximate surface area is 191 Å². The number of carbonyl (C=O) groups excluding carboxylic acids is 1. The number of rotatable bonds is 6. The van der Waals surface area contributed by atoms with Crippen LogP contribution >= 0.6 is 0 Å². The van der Waals surface area contributed by atoms with Gasteiger partial charge in [-0.2, -0.15) is 0 Å². The van der Waals surface area contributed by atoms with Crippen LogP contribution in [0.1, 0.15) is 67.7 Å². The number of imidazole rings is 1. The van der Waals surface area contributed by atoms with E-state index in [1.165, 1.54) is 0 Å². The molecule has 0 radical (unpaired) electrons. The normalized spacial score (nSPS) is 18.6. The van der Waals surface area contributed by atoms with Gasteiger partial charge >= 0.3 is 0 Å². The minimum Gasteiger partial charge on any atom is -0.491 e. The minimum absolute atomic E-state index is 0.0306. The molecule has 0 unspecified atom stereocenters. The number of hydrogen-bond donors (Lipinski definition) is 0. The van der Waals surface area contributed by atoms with Crippen LogP contribution in [-0.2, 0) is 13.1 Å². The molecule has 32 heavy (non-hydrogen) atoms. The molecule has 0 aromatic carbocycles. The van der Waals surface area contributed by atoms with Gasteiger partial charge in [0.2, 0.25) is 0 Å². The number of aromatic nitrogens is 3. The molecule has 4 rings (SSSR count). The number of aryl methyl sites for hydroxylation is 1. The molecular weight excluding hydrogens is 402 g/mol. The zero-order valence-electron chi connectivity index (χ0n) is 20.0. The maximum Gasteiger partial charge on any atom is 0.276 e. The highest BCUT2D eigenvalue weighted by Crippen LogP contribution is 2.27. The van der Waals surface area contributed by atoms with Crippen LogP contribution < -0.4 is 4.74 Å². The lowest BCUT2D eigenvalue weighted by molar-refractivity contribution is 0.0600. The molecule has 0 N–H and O–H groups in total. The fourth-order valence-electron chi connectivity index (χ4n) is 4.59. The molecule has 7 heteroatoms. The summed E-state index contributed by atoms with van der Waals surface area (Å²) in [5, 5.41) is 0. The average molecular weight is 438 g/mol. The molecular formula is C25H35N5O2. The van der Waals surface area contributed by atoms with E-state index >= 15 is 0 Å². The van der Waals surface area contributed by atoms with Crippen LogP contribution in [0, 0.1) is 12.8 Å². The molecule has 2 aliphatic rings. The topological polar surface area (TPSA) is 63.5 Å². The molecule has 1 atom stereocenters. The number of piperidine rings is 1. The summed E-state index contributed by atoms with van der Waals surface area (Å²) < 4.78 is 8.15. The highest BCUT2D eigenvalue weighted by molar-refractivity contribution is 5.95. The number of amides is 1. The summed E-state index contributed by atoms with van der Waals surface area (Å²) in [5.74, 6) is 1.96. The van der Waals surface area contributed by atoms with Crippen LogP contribution in [0.25, 0.3) is 5.57 Å². The zero-order valence-corrected chi connectivity index (χ0v) is 20.0. The molecule has 1 saturated heterocycles. The lowest BCUT2D eigenvalue weighted by Crippen LogP contribution is -2.45. The molecule has 0 spiro atoms. The van der Waals surface area contributed by atoms with E-state index in [0.717, 1.165) is 61.7 Å². The van der Waals surface area contributed by atoms with Gasteiger partial charge in [-0.05, 0) is 51.2 Å². The first-order valence-corrected chi connectivity index (χ1v) is 11.7. The van der Waals surface area contributed by atoms with Crippen LogP contribution in [-0.4, -0.2) is 56.5 Å². The van der Waals surface area contributed by atoms with Crippen molar-refractivity contribution in [1.82, 2.24) is 24.3 Å². The van der Waals surface area contributed by atoms with Gasteiger partial charge in [-0.1, -0.05) is 13.8 Å². The number of hydrogen-bond acceptors (Lipinski definition) is 5. The quantitative estimate of drug-likeness (QED) is 0.680. The van der Waals surface area contributed by atoms with Gasteiger partial charge in [-0.3, -0.25) is 4.79 Å². The minimum atomic E-state index is -0.0306. The Morgan fingerprint density at radius 2 is 2.03 bits per heavy atom. The van der Waals surface area contributed by atoms with E-state index in [9.17, 15) is 4.79 Å². The highest BCUT2D eigenvalue weighted by Gasteiger charge is 2.31. The van der Waals surface area contributed by atoms with Crippen LogP contribution in [0.3, 0.4) is 0 Å². The second kappa shape index (κ2) is 9.35. The van der Waals surface area contributed by atoms with Gasteiger partial charge in [-0.25, -0.2) is 9.97 Å². The van der Waals surface area contributed by atoms with Crippen LogP contribution in [0.5, 0.6) is 5.75 Å². The molecule has 2 aromatic heterocycles. The summed E-state index contributed by atoms with van der Waals surface area (Å²) in [4.78, 5) is 27.3. The SMILES string of the molecule is CC1=CN(C)Cn2cc(C[C@@H]3CCCCN3C(=O)c3nc(C)ccc3OCC(C)C)nc21. The lowest BCUT2D eigenvalue weighted by atomic mass is 9.97. The van der Waals surface area contributed by atoms with Crippen LogP contribution in [0.2, 0.25) is 0 Å². The maximum atomic E-state index is 13.6. The van der Waals surface area contributed by atoms with Crippen LogP contribution in [0.4, 0.5) is 0 Å². The third-order valence-electron chi connectivity index (χ3n) is 6.07. The first-order valence-electron chi connectivity index (χ1n) is 11.7. The fraction of sp³-hybridized carbons (Fsp3) is 0.560. The summed E-state index contributed by atoms with van der Waals surface area (Å²) in [5.41, 5.74) is 3.47. The van der Waals surface area contributed by atoms with Gasteiger partial charge in [0.1, 0.15) is 5.82 Å². The first kappa shape index (κ1) is 22.4. The van der Waals surface area contributed by atoms with Gasteiger partial charge in [0, 0.05) is 49.7 Å². The zero-order chi connectivity index (χ0) is 22.8. The number of allylic oxidation sites excluding steroid dienone is 1. The Balaban J connectivity index is 1.56. The lowest BCUT2D eigenvalue weighted by Gasteiger charge is -2.35. The Morgan fingerprint density at radius 3 is 2.81 bits per heavy atom. The van der Waals surface area contributed by atoms with Crippen molar-refractivity contribution in [1.29, 1.82) is 0 Å². The van der Waals surface area contributed by atoms with Crippen molar-refractivity contribution in [3.63, 3.8) is 0 Å². The number of fused-ring (bicyclic) bond motifs is 1. The van der Waals surface area contributed by atoms with E-state index < -0.39 is 0 Å². The van der Waals surface area contributed by atoms with Crippen LogP contribution in [0.15, 0.2) is 24.5 Å². The predicted octanol–water partition coefficient (Wildman–Crippen LogP) is 4.12. The molecule has 172 valence electrons. The Kier molecular flexibility index (Phi) is 6.53. The van der Waals surface area contributed by atoms with Crippen molar-refractivity contribution >= 4 is 11.5 Å². The Morgan fingerprint density at radius 1 is 1.22 bits per heavy atom. The molecule has 1 fully saturated rings. The first-order chi connectivity index (χ1) is 15.3. The van der Waals surface area contributed by atoms with E-state index in [2.05, 4.69) is 54.7 Å². The molecule has 7 nitrogen and oxygen atoms in total. The Bertz CT molecular complexity index is 1010. The molecule has 0 aliphatic carbocycles. The second-order valence-electron chi connectivity index (χ2n) is 9.59. The summed E-state index contributed by atoms with van der Waals surface area (Å²) in [6.45, 7) is 10.3. The molecule has 4 heterocycles. The van der Waals surface area contributed by atoms with E-state index in [1.54, 1.807) is 0 Å². The molecule has 0 saturated carbocycles. The standard InChI is InChI=1S/C25H35N5O2/c1-17(2)15-32-22-10-9-19(4)26-23(22)25(31)30-11-7-6-8-21(30)12-20-14-29-16-28(5)13-18(3)24(29)27-20/h9-10,13-14,17,21H,6-8,11-12,15-16H2,1-5H3/t21-/m0/s1. The van der Waals surface area contributed by atoms with Gasteiger partial charge in [0.25, 0.3) is 5.91 Å². The Hall–Kier alpha value is -2.83. The largest absolute Gasteiger partial charge is 0.491 e. The monoisotopic (exact) mass is 437 g/mol. The number of pyridine rings is 1. The summed E-state index contributed by atoms with van der Waals surface area (Å²) >= 11 is 0. The van der Waals surface area contributed by atoms with E-state index in [4.69, 9.17) is 9.72 Å². The summed E-state index contributed by atoms with van der Waals surface area (Å²) in [6, 6.07) is 3.91. The molecule has 2 aliphatic heterocycles. The van der Waals surface area contributed by atoms with Crippen molar-refractivity contribution in [2.75, 3.05) is 20.2 Å². The van der Waals surface area contributed by atoms with Gasteiger partial charge in [0.15, 0.2) is 11.4 Å². The third-order valence-corrected chi connectivity index (χ3v) is 6.07.